The third kappa shape index (κ3) is 3.04. The molecule has 2 N–H and O–H groups in total. The zero-order valence-electron chi connectivity index (χ0n) is 9.18. The molecule has 0 fully saturated rings. The Morgan fingerprint density at radius 3 is 2.33 bits per heavy atom. The maximum atomic E-state index is 7.61. The Labute approximate surface area is 88.8 Å². The monoisotopic (exact) mass is 208 g/mol. The fourth-order valence-electron chi connectivity index (χ4n) is 1.27. The van der Waals surface area contributed by atoms with Gasteiger partial charge in [0, 0.05) is 7.05 Å². The maximum absolute atomic E-state index is 7.61. The summed E-state index contributed by atoms with van der Waals surface area (Å²) in [7, 11) is 2.03. The number of aliphatic hydroxyl groups is 2. The molecule has 4 nitrogen and oxygen atoms in total. The van der Waals surface area contributed by atoms with E-state index in [0.29, 0.717) is 0 Å². The Bertz CT molecular complexity index is 432. The summed E-state index contributed by atoms with van der Waals surface area (Å²) in [5.74, 6) is 1.06. The molecule has 4 heteroatoms. The van der Waals surface area contributed by atoms with Crippen LogP contribution in [0.1, 0.15) is 12.7 Å². The number of imidazole rings is 1. The molecule has 0 spiro atoms. The molecular weight excluding hydrogens is 192 g/mol. The Hall–Kier alpha value is -1.39. The number of rotatable bonds is 0. The van der Waals surface area contributed by atoms with Gasteiger partial charge in [0.2, 0.25) is 0 Å². The standard InChI is InChI=1S/C9H10N2.C2H6O2/c1-7-10-8-5-3-4-6-9(8)11(7)2;1-2(3)4/h3-6H,1-2H3;2-4H,1H3. The van der Waals surface area contributed by atoms with Crippen molar-refractivity contribution in [2.75, 3.05) is 0 Å². The lowest BCUT2D eigenvalue weighted by Gasteiger charge is -1.93. The average molecular weight is 208 g/mol. The van der Waals surface area contributed by atoms with E-state index < -0.39 is 6.29 Å². The third-order valence-corrected chi connectivity index (χ3v) is 2.01. The van der Waals surface area contributed by atoms with Gasteiger partial charge in [-0.15, -0.1) is 0 Å². The van der Waals surface area contributed by atoms with Gasteiger partial charge in [0.1, 0.15) is 12.1 Å². The summed E-state index contributed by atoms with van der Waals surface area (Å²) in [5.41, 5.74) is 2.28. The highest BCUT2D eigenvalue weighted by Crippen LogP contribution is 2.12. The van der Waals surface area contributed by atoms with Gasteiger partial charge in [0.15, 0.2) is 0 Å². The summed E-state index contributed by atoms with van der Waals surface area (Å²) in [4.78, 5) is 4.38. The molecule has 0 atom stereocenters. The van der Waals surface area contributed by atoms with Crippen LogP contribution < -0.4 is 0 Å². The van der Waals surface area contributed by atoms with Crippen LogP contribution >= 0.6 is 0 Å². The molecule has 1 aromatic carbocycles. The van der Waals surface area contributed by atoms with E-state index in [4.69, 9.17) is 10.2 Å². The zero-order chi connectivity index (χ0) is 11.4. The Balaban J connectivity index is 0.000000245. The van der Waals surface area contributed by atoms with Crippen molar-refractivity contribution in [2.45, 2.75) is 20.1 Å². The van der Waals surface area contributed by atoms with Gasteiger partial charge < -0.3 is 14.8 Å². The number of aliphatic hydroxyl groups excluding tert-OH is 1. The second-order valence-electron chi connectivity index (χ2n) is 3.34. The first kappa shape index (κ1) is 11.7. The van der Waals surface area contributed by atoms with Crippen LogP contribution in [0.2, 0.25) is 0 Å². The highest BCUT2D eigenvalue weighted by molar-refractivity contribution is 5.75. The molecule has 15 heavy (non-hydrogen) atoms. The summed E-state index contributed by atoms with van der Waals surface area (Å²) < 4.78 is 2.09. The lowest BCUT2D eigenvalue weighted by atomic mass is 10.3. The van der Waals surface area contributed by atoms with E-state index in [1.165, 1.54) is 12.4 Å². The summed E-state index contributed by atoms with van der Waals surface area (Å²) in [6.07, 6.45) is -1.17. The first-order valence-corrected chi connectivity index (χ1v) is 4.76. The lowest BCUT2D eigenvalue weighted by molar-refractivity contribution is -0.0228. The van der Waals surface area contributed by atoms with Crippen LogP contribution in [0.15, 0.2) is 24.3 Å². The number of aryl methyl sites for hydroxylation is 2. The van der Waals surface area contributed by atoms with Crippen LogP contribution in [0.5, 0.6) is 0 Å². The van der Waals surface area contributed by atoms with E-state index in [1.54, 1.807) is 0 Å². The summed E-state index contributed by atoms with van der Waals surface area (Å²) in [6, 6.07) is 8.15. The molecule has 0 unspecified atom stereocenters. The van der Waals surface area contributed by atoms with Crippen molar-refractivity contribution in [3.05, 3.63) is 30.1 Å². The molecule has 1 heterocycles. The predicted octanol–water partition coefficient (Wildman–Crippen LogP) is 1.20. The van der Waals surface area contributed by atoms with Crippen LogP contribution in [0, 0.1) is 6.92 Å². The van der Waals surface area contributed by atoms with Crippen LogP contribution in [0.3, 0.4) is 0 Å². The molecule has 0 amide bonds. The van der Waals surface area contributed by atoms with E-state index >= 15 is 0 Å². The van der Waals surface area contributed by atoms with Crippen LogP contribution in [-0.4, -0.2) is 26.1 Å². The number of benzene rings is 1. The molecule has 0 aliphatic rings. The second kappa shape index (κ2) is 4.91. The van der Waals surface area contributed by atoms with E-state index in [1.807, 2.05) is 32.2 Å². The van der Waals surface area contributed by atoms with Crippen molar-refractivity contribution in [3.63, 3.8) is 0 Å². The zero-order valence-corrected chi connectivity index (χ0v) is 9.18. The molecule has 0 aliphatic carbocycles. The first-order valence-electron chi connectivity index (χ1n) is 4.76. The highest BCUT2D eigenvalue weighted by Gasteiger charge is 2.00. The maximum Gasteiger partial charge on any atom is 0.148 e. The topological polar surface area (TPSA) is 58.3 Å². The summed E-state index contributed by atoms with van der Waals surface area (Å²) >= 11 is 0. The van der Waals surface area contributed by atoms with Gasteiger partial charge in [-0.05, 0) is 26.0 Å². The van der Waals surface area contributed by atoms with E-state index in [0.717, 1.165) is 11.3 Å². The normalized spacial score (nSPS) is 10.3. The highest BCUT2D eigenvalue weighted by atomic mass is 16.5. The number of nitrogens with zero attached hydrogens (tertiary/aromatic N) is 2. The van der Waals surface area contributed by atoms with Gasteiger partial charge in [0.05, 0.1) is 11.0 Å². The second-order valence-corrected chi connectivity index (χ2v) is 3.34. The molecule has 0 saturated heterocycles. The molecular formula is C11H16N2O2. The SMILES string of the molecule is CC(O)O.Cc1nc2ccccc2n1C. The average Bonchev–Trinajstić information content (AvgIpc) is 2.43. The molecule has 0 aliphatic heterocycles. The minimum absolute atomic E-state index is 1.06. The fraction of sp³-hybridized carbons (Fsp3) is 0.364. The quantitative estimate of drug-likeness (QED) is 0.639. The van der Waals surface area contributed by atoms with Crippen molar-refractivity contribution >= 4 is 11.0 Å². The lowest BCUT2D eigenvalue weighted by Crippen LogP contribution is -1.92. The van der Waals surface area contributed by atoms with E-state index in [2.05, 4.69) is 15.6 Å². The molecule has 0 radical (unpaired) electrons. The van der Waals surface area contributed by atoms with Crippen molar-refractivity contribution in [1.82, 2.24) is 9.55 Å². The van der Waals surface area contributed by atoms with Crippen molar-refractivity contribution in [1.29, 1.82) is 0 Å². The number of fused-ring (bicyclic) bond motifs is 1. The predicted molar refractivity (Wildman–Crippen MR) is 59.4 cm³/mol. The molecule has 82 valence electrons. The van der Waals surface area contributed by atoms with Gasteiger partial charge in [-0.2, -0.15) is 0 Å². The van der Waals surface area contributed by atoms with Crippen LogP contribution in [-0.2, 0) is 7.05 Å². The molecule has 0 saturated carbocycles. The van der Waals surface area contributed by atoms with Crippen molar-refractivity contribution in [3.8, 4) is 0 Å². The van der Waals surface area contributed by atoms with Gasteiger partial charge in [-0.1, -0.05) is 12.1 Å². The molecule has 2 aromatic rings. The number of hydrogen-bond donors (Lipinski definition) is 2. The third-order valence-electron chi connectivity index (χ3n) is 2.01. The Morgan fingerprint density at radius 1 is 1.27 bits per heavy atom. The summed E-state index contributed by atoms with van der Waals surface area (Å²) in [5, 5.41) is 15.2. The van der Waals surface area contributed by atoms with Gasteiger partial charge >= 0.3 is 0 Å². The van der Waals surface area contributed by atoms with E-state index in [-0.39, 0.29) is 0 Å². The minimum atomic E-state index is -1.17. The Kier molecular flexibility index (Phi) is 3.82. The van der Waals surface area contributed by atoms with Gasteiger partial charge in [-0.3, -0.25) is 0 Å². The summed E-state index contributed by atoms with van der Waals surface area (Å²) in [6.45, 7) is 3.29. The Morgan fingerprint density at radius 2 is 1.80 bits per heavy atom. The smallest absolute Gasteiger partial charge is 0.148 e. The number of aromatic nitrogens is 2. The van der Waals surface area contributed by atoms with Crippen molar-refractivity contribution < 1.29 is 10.2 Å². The number of hydrogen-bond acceptors (Lipinski definition) is 3. The van der Waals surface area contributed by atoms with Gasteiger partial charge in [-0.25, -0.2) is 4.98 Å². The first-order chi connectivity index (χ1) is 7.02. The molecule has 2 rings (SSSR count). The van der Waals surface area contributed by atoms with Crippen LogP contribution in [0.25, 0.3) is 11.0 Å². The molecule has 1 aromatic heterocycles. The van der Waals surface area contributed by atoms with Crippen molar-refractivity contribution in [2.24, 2.45) is 7.05 Å². The number of para-hydroxylation sites is 2. The largest absolute Gasteiger partial charge is 0.368 e. The van der Waals surface area contributed by atoms with Gasteiger partial charge in [0.25, 0.3) is 0 Å². The van der Waals surface area contributed by atoms with E-state index in [9.17, 15) is 0 Å². The fourth-order valence-corrected chi connectivity index (χ4v) is 1.27. The minimum Gasteiger partial charge on any atom is -0.368 e. The van der Waals surface area contributed by atoms with Crippen LogP contribution in [0.4, 0.5) is 0 Å². The molecule has 0 bridgehead atoms.